The zero-order valence-corrected chi connectivity index (χ0v) is 14.5. The Balaban J connectivity index is 0.00000133. The quantitative estimate of drug-likeness (QED) is 0.555. The maximum absolute atomic E-state index is 2.77. The summed E-state index contributed by atoms with van der Waals surface area (Å²) in [5.41, 5.74) is 0. The molecule has 0 aromatic carbocycles. The van der Waals surface area contributed by atoms with Gasteiger partial charge in [-0.1, -0.05) is 0 Å². The minimum atomic E-state index is 0. The number of aromatic nitrogens is 2. The number of nitrogens with zero attached hydrogens (tertiary/aromatic N) is 2. The number of hydrogen-bond acceptors (Lipinski definition) is 0. The van der Waals surface area contributed by atoms with Crippen LogP contribution in [-0.4, -0.2) is 9.13 Å². The van der Waals surface area contributed by atoms with Gasteiger partial charge in [-0.05, 0) is 0 Å². The van der Waals surface area contributed by atoms with Crippen LogP contribution in [0.2, 0.25) is 0 Å². The van der Waals surface area contributed by atoms with Crippen LogP contribution < -0.4 is 0 Å². The van der Waals surface area contributed by atoms with E-state index in [4.69, 9.17) is 0 Å². The first kappa shape index (κ1) is 15.6. The van der Waals surface area contributed by atoms with E-state index in [0.29, 0.717) is 0 Å². The van der Waals surface area contributed by atoms with Crippen LogP contribution >= 0.6 is 12.4 Å². The van der Waals surface area contributed by atoms with Gasteiger partial charge in [0.1, 0.15) is 0 Å². The summed E-state index contributed by atoms with van der Waals surface area (Å²) < 4.78 is 6.52. The van der Waals surface area contributed by atoms with Gasteiger partial charge < -0.3 is 0 Å². The molecule has 0 N–H and O–H groups in total. The van der Waals surface area contributed by atoms with E-state index in [1.54, 1.807) is 0 Å². The first-order chi connectivity index (χ1) is 8.86. The van der Waals surface area contributed by atoms with Crippen molar-refractivity contribution in [2.45, 2.75) is 76.3 Å². The Morgan fingerprint density at radius 2 is 1.11 bits per heavy atom. The first-order valence-electron chi connectivity index (χ1n) is 7.60. The van der Waals surface area contributed by atoms with E-state index in [9.17, 15) is 0 Å². The number of imidazole rings is 1. The molecule has 0 saturated heterocycles. The van der Waals surface area contributed by atoms with Crippen LogP contribution in [-0.2, 0) is 20.6 Å². The van der Waals surface area contributed by atoms with Gasteiger partial charge in [0, 0.05) is 0 Å². The monoisotopic (exact) mass is 465 g/mol. The fourth-order valence-corrected chi connectivity index (χ4v) is 4.74. The molecule has 1 heterocycles. The molecule has 0 atom stereocenters. The van der Waals surface area contributed by atoms with E-state index in [0.717, 1.165) is 12.1 Å². The Morgan fingerprint density at radius 3 is 1.47 bits per heavy atom. The van der Waals surface area contributed by atoms with Gasteiger partial charge in [-0.25, -0.2) is 0 Å². The second-order valence-corrected chi connectivity index (χ2v) is 6.90. The predicted octanol–water partition coefficient (Wildman–Crippen LogP) is 4.80. The molecule has 4 heteroatoms. The Kier molecular flexibility index (Phi) is 6.01. The third kappa shape index (κ3) is 3.47. The summed E-state index contributed by atoms with van der Waals surface area (Å²) in [5.74, 6) is 0. The Bertz CT molecular complexity index is 401. The predicted molar refractivity (Wildman–Crippen MR) is 77.2 cm³/mol. The molecule has 2 fully saturated rings. The van der Waals surface area contributed by atoms with Crippen molar-refractivity contribution in [3.63, 3.8) is 0 Å². The average molecular weight is 466 g/mol. The molecule has 19 heavy (non-hydrogen) atoms. The summed E-state index contributed by atoms with van der Waals surface area (Å²) in [4.78, 5) is 0. The topological polar surface area (TPSA) is 9.86 Å². The Hall–Kier alpha value is 0.240. The van der Waals surface area contributed by atoms with Crippen LogP contribution in [0, 0.1) is 3.63 Å². The summed E-state index contributed by atoms with van der Waals surface area (Å²) in [6.07, 6.45) is 18.7. The number of hydrogen-bond donors (Lipinski definition) is 0. The normalized spacial score (nSPS) is 22.2. The molecule has 113 valence electrons. The molecule has 2 nitrogen and oxygen atoms in total. The van der Waals surface area contributed by atoms with Crippen molar-refractivity contribution < 1.29 is 20.6 Å². The molecule has 1 aromatic rings. The van der Waals surface area contributed by atoms with E-state index in [1.807, 2.05) is 0 Å². The summed E-state index contributed by atoms with van der Waals surface area (Å²) in [7, 11) is 0. The molecule has 1 aromatic heterocycles. The number of halogens is 1. The molecule has 0 unspecified atom stereocenters. The SMILES string of the molecule is Cl.[Au]=[c]1n(C2CCCCC2)ccn1C1CCCCC1. The van der Waals surface area contributed by atoms with Crippen LogP contribution in [0.4, 0.5) is 0 Å². The molecular weight excluding hydrogens is 441 g/mol. The molecular formula is C15H25AuClN2. The van der Waals surface area contributed by atoms with Crippen molar-refractivity contribution in [2.24, 2.45) is 0 Å². The molecule has 0 radical (unpaired) electrons. The van der Waals surface area contributed by atoms with Gasteiger partial charge in [0.05, 0.1) is 0 Å². The van der Waals surface area contributed by atoms with Gasteiger partial charge in [-0.3, -0.25) is 0 Å². The van der Waals surface area contributed by atoms with Gasteiger partial charge in [0.2, 0.25) is 0 Å². The molecule has 0 aliphatic heterocycles. The fourth-order valence-electron chi connectivity index (χ4n) is 3.62. The van der Waals surface area contributed by atoms with Crippen LogP contribution in [0.15, 0.2) is 12.4 Å². The van der Waals surface area contributed by atoms with Gasteiger partial charge in [-0.15, -0.1) is 12.4 Å². The van der Waals surface area contributed by atoms with Crippen LogP contribution in [0.25, 0.3) is 0 Å². The van der Waals surface area contributed by atoms with Crippen LogP contribution in [0.5, 0.6) is 0 Å². The third-order valence-electron chi connectivity index (χ3n) is 4.71. The third-order valence-corrected chi connectivity index (χ3v) is 5.83. The maximum atomic E-state index is 2.77. The van der Waals surface area contributed by atoms with E-state index < -0.39 is 0 Å². The summed E-state index contributed by atoms with van der Waals surface area (Å²) in [6.45, 7) is 0. The van der Waals surface area contributed by atoms with Gasteiger partial charge in [-0.2, -0.15) is 0 Å². The first-order valence-corrected chi connectivity index (χ1v) is 8.68. The van der Waals surface area contributed by atoms with Gasteiger partial charge in [0.25, 0.3) is 0 Å². The van der Waals surface area contributed by atoms with Crippen molar-refractivity contribution in [2.75, 3.05) is 0 Å². The van der Waals surface area contributed by atoms with Crippen LogP contribution in [0.3, 0.4) is 0 Å². The summed E-state index contributed by atoms with van der Waals surface area (Å²) >= 11 is 2.77. The van der Waals surface area contributed by atoms with Gasteiger partial charge >= 0.3 is 122 Å². The second-order valence-electron chi connectivity index (χ2n) is 5.93. The average Bonchev–Trinajstić information content (AvgIpc) is 2.83. The van der Waals surface area contributed by atoms with E-state index in [-0.39, 0.29) is 12.4 Å². The van der Waals surface area contributed by atoms with Crippen LogP contribution in [0.1, 0.15) is 76.3 Å². The summed E-state index contributed by atoms with van der Waals surface area (Å²) in [6, 6.07) is 1.53. The zero-order valence-electron chi connectivity index (χ0n) is 11.5. The van der Waals surface area contributed by atoms with E-state index in [2.05, 4.69) is 42.1 Å². The van der Waals surface area contributed by atoms with Crippen molar-refractivity contribution in [1.29, 1.82) is 0 Å². The van der Waals surface area contributed by atoms with Crippen molar-refractivity contribution in [3.05, 3.63) is 16.0 Å². The molecule has 2 aliphatic carbocycles. The van der Waals surface area contributed by atoms with Crippen molar-refractivity contribution in [3.8, 4) is 0 Å². The standard InChI is InChI=1S/C15H24N2.Au.ClH/c1-3-7-14(8-4-1)16-11-12-17(13-16)15-9-5-2-6-10-15;;/h11-12,14-15H,1-10H2;;1H. The zero-order chi connectivity index (χ0) is 12.4. The Labute approximate surface area is 134 Å². The van der Waals surface area contributed by atoms with Crippen molar-refractivity contribution in [1.82, 2.24) is 9.13 Å². The molecule has 2 aliphatic rings. The fraction of sp³-hybridized carbons (Fsp3) is 0.800. The molecule has 3 rings (SSSR count). The van der Waals surface area contributed by atoms with E-state index in [1.165, 1.54) is 67.8 Å². The summed E-state index contributed by atoms with van der Waals surface area (Å²) in [5, 5.41) is 0. The molecule has 2 saturated carbocycles. The molecule has 0 bridgehead atoms. The Morgan fingerprint density at radius 1 is 0.737 bits per heavy atom. The minimum absolute atomic E-state index is 0. The molecule has 0 amide bonds. The second kappa shape index (κ2) is 7.31. The number of rotatable bonds is 2. The van der Waals surface area contributed by atoms with E-state index >= 15 is 0 Å². The van der Waals surface area contributed by atoms with Crippen molar-refractivity contribution >= 4 is 12.4 Å². The molecule has 0 spiro atoms. The van der Waals surface area contributed by atoms with Gasteiger partial charge in [0.15, 0.2) is 0 Å².